The zero-order valence-corrected chi connectivity index (χ0v) is 11.5. The number of hydrogen-bond acceptors (Lipinski definition) is 3. The summed E-state index contributed by atoms with van der Waals surface area (Å²) in [6.07, 6.45) is 3.80. The van der Waals surface area contributed by atoms with Crippen molar-refractivity contribution in [3.05, 3.63) is 52.0 Å². The smallest absolute Gasteiger partial charge is 0.193 e. The lowest BCUT2D eigenvalue weighted by Gasteiger charge is -2.05. The molecule has 0 atom stereocenters. The molecule has 0 radical (unpaired) electrons. The van der Waals surface area contributed by atoms with Crippen LogP contribution in [-0.2, 0) is 6.61 Å². The summed E-state index contributed by atoms with van der Waals surface area (Å²) < 4.78 is 21.6. The predicted molar refractivity (Wildman–Crippen MR) is 71.5 cm³/mol. The van der Waals surface area contributed by atoms with Gasteiger partial charge in [-0.1, -0.05) is 15.9 Å². The van der Waals surface area contributed by atoms with E-state index in [9.17, 15) is 4.39 Å². The van der Waals surface area contributed by atoms with Gasteiger partial charge in [0, 0.05) is 22.2 Å². The SMILES string of the molecule is Fc1ccc(Br)cc1OCc1cn2ccsc2n1. The molecule has 0 aliphatic rings. The summed E-state index contributed by atoms with van der Waals surface area (Å²) in [5.41, 5.74) is 0.779. The lowest BCUT2D eigenvalue weighted by Crippen LogP contribution is -1.97. The molecule has 0 saturated carbocycles. The number of ether oxygens (including phenoxy) is 1. The first kappa shape index (κ1) is 11.7. The lowest BCUT2D eigenvalue weighted by atomic mass is 10.3. The second-order valence-electron chi connectivity index (χ2n) is 3.69. The van der Waals surface area contributed by atoms with Crippen LogP contribution in [0.2, 0.25) is 0 Å². The molecule has 0 unspecified atom stereocenters. The number of nitrogens with zero attached hydrogens (tertiary/aromatic N) is 2. The van der Waals surface area contributed by atoms with Crippen LogP contribution in [-0.4, -0.2) is 9.38 Å². The average Bonchev–Trinajstić information content (AvgIpc) is 2.90. The molecule has 0 saturated heterocycles. The van der Waals surface area contributed by atoms with Gasteiger partial charge < -0.3 is 4.74 Å². The van der Waals surface area contributed by atoms with Crippen molar-refractivity contribution in [1.29, 1.82) is 0 Å². The molecule has 6 heteroatoms. The standard InChI is InChI=1S/C12H8BrFN2OS/c13-8-1-2-10(14)11(5-8)17-7-9-6-16-3-4-18-12(16)15-9/h1-6H,7H2. The molecule has 2 heterocycles. The van der Waals surface area contributed by atoms with Crippen LogP contribution in [0, 0.1) is 5.82 Å². The van der Waals surface area contributed by atoms with Crippen LogP contribution in [0.1, 0.15) is 5.69 Å². The molecule has 92 valence electrons. The van der Waals surface area contributed by atoms with Gasteiger partial charge in [-0.15, -0.1) is 11.3 Å². The van der Waals surface area contributed by atoms with Crippen molar-refractivity contribution in [3.63, 3.8) is 0 Å². The molecule has 3 aromatic rings. The summed E-state index contributed by atoms with van der Waals surface area (Å²) in [5, 5.41) is 1.96. The predicted octanol–water partition coefficient (Wildman–Crippen LogP) is 3.88. The third-order valence-electron chi connectivity index (χ3n) is 2.41. The number of hydrogen-bond donors (Lipinski definition) is 0. The summed E-state index contributed by atoms with van der Waals surface area (Å²) >= 11 is 4.83. The van der Waals surface area contributed by atoms with Gasteiger partial charge in [0.15, 0.2) is 16.5 Å². The van der Waals surface area contributed by atoms with Crippen molar-refractivity contribution in [1.82, 2.24) is 9.38 Å². The van der Waals surface area contributed by atoms with Gasteiger partial charge in [-0.3, -0.25) is 4.40 Å². The summed E-state index contributed by atoms with van der Waals surface area (Å²) in [6.45, 7) is 0.252. The maximum Gasteiger partial charge on any atom is 0.193 e. The first-order valence-corrected chi connectivity index (χ1v) is 6.88. The first-order chi connectivity index (χ1) is 8.72. The van der Waals surface area contributed by atoms with E-state index in [1.165, 1.54) is 6.07 Å². The van der Waals surface area contributed by atoms with Crippen LogP contribution in [0.4, 0.5) is 4.39 Å². The highest BCUT2D eigenvalue weighted by molar-refractivity contribution is 9.10. The Morgan fingerprint density at radius 3 is 3.17 bits per heavy atom. The summed E-state index contributed by atoms with van der Waals surface area (Å²) in [7, 11) is 0. The van der Waals surface area contributed by atoms with Crippen LogP contribution >= 0.6 is 27.3 Å². The van der Waals surface area contributed by atoms with Crippen molar-refractivity contribution in [2.45, 2.75) is 6.61 Å². The third-order valence-corrected chi connectivity index (χ3v) is 3.68. The first-order valence-electron chi connectivity index (χ1n) is 5.21. The number of benzene rings is 1. The lowest BCUT2D eigenvalue weighted by molar-refractivity contribution is 0.286. The van der Waals surface area contributed by atoms with E-state index in [4.69, 9.17) is 4.74 Å². The molecule has 0 amide bonds. The van der Waals surface area contributed by atoms with Crippen LogP contribution < -0.4 is 4.74 Å². The van der Waals surface area contributed by atoms with Crippen LogP contribution in [0.15, 0.2) is 40.4 Å². The Kier molecular flexibility index (Phi) is 3.05. The van der Waals surface area contributed by atoms with Gasteiger partial charge in [0.1, 0.15) is 6.61 Å². The molecule has 3 rings (SSSR count). The van der Waals surface area contributed by atoms with Gasteiger partial charge >= 0.3 is 0 Å². The number of halogens is 2. The zero-order chi connectivity index (χ0) is 12.5. The number of imidazole rings is 1. The molecule has 2 aromatic heterocycles. The molecular formula is C12H8BrFN2OS. The molecular weight excluding hydrogens is 319 g/mol. The molecule has 18 heavy (non-hydrogen) atoms. The van der Waals surface area contributed by atoms with E-state index in [0.717, 1.165) is 15.1 Å². The van der Waals surface area contributed by atoms with Gasteiger partial charge in [-0.05, 0) is 18.2 Å². The highest BCUT2D eigenvalue weighted by atomic mass is 79.9. The Bertz CT molecular complexity index is 666. The quantitative estimate of drug-likeness (QED) is 0.730. The molecule has 1 aromatic carbocycles. The Labute approximate surface area is 115 Å². The second-order valence-corrected chi connectivity index (χ2v) is 5.48. The molecule has 0 aliphatic carbocycles. The minimum absolute atomic E-state index is 0.223. The van der Waals surface area contributed by atoms with Crippen LogP contribution in [0.25, 0.3) is 4.96 Å². The number of rotatable bonds is 3. The van der Waals surface area contributed by atoms with E-state index < -0.39 is 0 Å². The summed E-state index contributed by atoms with van der Waals surface area (Å²) in [6, 6.07) is 4.60. The molecule has 0 spiro atoms. The summed E-state index contributed by atoms with van der Waals surface area (Å²) in [5.74, 6) is -0.153. The number of thiazole rings is 1. The van der Waals surface area contributed by atoms with E-state index in [-0.39, 0.29) is 18.2 Å². The monoisotopic (exact) mass is 326 g/mol. The molecule has 0 bridgehead atoms. The summed E-state index contributed by atoms with van der Waals surface area (Å²) in [4.78, 5) is 5.27. The topological polar surface area (TPSA) is 26.5 Å². The minimum Gasteiger partial charge on any atom is -0.484 e. The van der Waals surface area contributed by atoms with Crippen molar-refractivity contribution in [2.75, 3.05) is 0 Å². The van der Waals surface area contributed by atoms with Gasteiger partial charge in [0.05, 0.1) is 5.69 Å². The van der Waals surface area contributed by atoms with Crippen molar-refractivity contribution < 1.29 is 9.13 Å². The van der Waals surface area contributed by atoms with Gasteiger partial charge in [0.25, 0.3) is 0 Å². The molecule has 3 nitrogen and oxygen atoms in total. The largest absolute Gasteiger partial charge is 0.484 e. The highest BCUT2D eigenvalue weighted by Gasteiger charge is 2.07. The van der Waals surface area contributed by atoms with Gasteiger partial charge in [-0.25, -0.2) is 9.37 Å². The maximum atomic E-state index is 13.4. The van der Waals surface area contributed by atoms with Crippen LogP contribution in [0.5, 0.6) is 5.75 Å². The Hall–Kier alpha value is -1.40. The molecule has 0 aliphatic heterocycles. The van der Waals surface area contributed by atoms with E-state index in [0.29, 0.717) is 0 Å². The average molecular weight is 327 g/mol. The Balaban J connectivity index is 1.77. The minimum atomic E-state index is -0.376. The molecule has 0 N–H and O–H groups in total. The Morgan fingerprint density at radius 2 is 2.33 bits per heavy atom. The van der Waals surface area contributed by atoms with Crippen molar-refractivity contribution in [2.24, 2.45) is 0 Å². The van der Waals surface area contributed by atoms with E-state index in [1.54, 1.807) is 23.5 Å². The highest BCUT2D eigenvalue weighted by Crippen LogP contribution is 2.23. The molecule has 0 fully saturated rings. The van der Waals surface area contributed by atoms with E-state index in [2.05, 4.69) is 20.9 Å². The van der Waals surface area contributed by atoms with E-state index in [1.807, 2.05) is 22.2 Å². The fourth-order valence-corrected chi connectivity index (χ4v) is 2.64. The Morgan fingerprint density at radius 1 is 1.44 bits per heavy atom. The van der Waals surface area contributed by atoms with Crippen LogP contribution in [0.3, 0.4) is 0 Å². The third kappa shape index (κ3) is 2.26. The maximum absolute atomic E-state index is 13.4. The van der Waals surface area contributed by atoms with Gasteiger partial charge in [0.2, 0.25) is 0 Å². The van der Waals surface area contributed by atoms with Crippen molar-refractivity contribution in [3.8, 4) is 5.75 Å². The fraction of sp³-hybridized carbons (Fsp3) is 0.0833. The number of aromatic nitrogens is 2. The zero-order valence-electron chi connectivity index (χ0n) is 9.14. The van der Waals surface area contributed by atoms with Crippen molar-refractivity contribution >= 4 is 32.2 Å². The van der Waals surface area contributed by atoms with E-state index >= 15 is 0 Å². The fourth-order valence-electron chi connectivity index (χ4n) is 1.59. The number of fused-ring (bicyclic) bond motifs is 1. The second kappa shape index (κ2) is 4.70. The normalized spacial score (nSPS) is 11.0. The van der Waals surface area contributed by atoms with Gasteiger partial charge in [-0.2, -0.15) is 0 Å².